The number of nitrogens with one attached hydrogen (secondary N) is 1. The number of nitrogen functional groups attached to an aromatic ring is 1. The van der Waals surface area contributed by atoms with Gasteiger partial charge in [0.05, 0.1) is 6.61 Å². The van der Waals surface area contributed by atoms with Gasteiger partial charge in [0, 0.05) is 19.1 Å². The Bertz CT molecular complexity index is 472. The van der Waals surface area contributed by atoms with Crippen molar-refractivity contribution in [3.8, 4) is 0 Å². The lowest BCUT2D eigenvalue weighted by atomic mass is 10.2. The molecular formula is C14H24N4O2S. The predicted molar refractivity (Wildman–Crippen MR) is 85.7 cm³/mol. The molecule has 1 heterocycles. The van der Waals surface area contributed by atoms with Crippen molar-refractivity contribution in [3.63, 3.8) is 0 Å². The van der Waals surface area contributed by atoms with Gasteiger partial charge >= 0.3 is 0 Å². The van der Waals surface area contributed by atoms with Crippen LogP contribution in [0.5, 0.6) is 0 Å². The minimum Gasteiger partial charge on any atom is -0.395 e. The van der Waals surface area contributed by atoms with Gasteiger partial charge in [0.25, 0.3) is 5.91 Å². The molecule has 0 spiro atoms. The Kier molecular flexibility index (Phi) is 5.81. The highest BCUT2D eigenvalue weighted by Gasteiger charge is 2.29. The molecule has 0 aromatic carbocycles. The van der Waals surface area contributed by atoms with Crippen molar-refractivity contribution in [1.82, 2.24) is 9.88 Å². The lowest BCUT2D eigenvalue weighted by Crippen LogP contribution is -2.40. The van der Waals surface area contributed by atoms with Crippen LogP contribution >= 0.6 is 11.3 Å². The number of anilines is 2. The maximum Gasteiger partial charge on any atom is 0.268 e. The fourth-order valence-corrected chi connectivity index (χ4v) is 3.56. The van der Waals surface area contributed by atoms with E-state index < -0.39 is 0 Å². The van der Waals surface area contributed by atoms with Gasteiger partial charge in [-0.3, -0.25) is 4.79 Å². The SMILES string of the molecule is CCCNc1nc(N)c(C(=O)N(CCO)C2CCCC2)s1. The van der Waals surface area contributed by atoms with Gasteiger partial charge in [-0.15, -0.1) is 0 Å². The van der Waals surface area contributed by atoms with Crippen LogP contribution in [-0.4, -0.2) is 46.6 Å². The molecule has 1 aliphatic carbocycles. The summed E-state index contributed by atoms with van der Waals surface area (Å²) in [5, 5.41) is 13.1. The first-order chi connectivity index (χ1) is 10.2. The van der Waals surface area contributed by atoms with E-state index in [4.69, 9.17) is 5.73 Å². The third-order valence-electron chi connectivity index (χ3n) is 3.74. The third kappa shape index (κ3) is 3.85. The summed E-state index contributed by atoms with van der Waals surface area (Å²) in [6, 6.07) is 0.221. The first-order valence-electron chi connectivity index (χ1n) is 7.59. The van der Waals surface area contributed by atoms with E-state index in [1.165, 1.54) is 11.3 Å². The van der Waals surface area contributed by atoms with Gasteiger partial charge in [-0.05, 0) is 19.3 Å². The summed E-state index contributed by atoms with van der Waals surface area (Å²) in [5.74, 6) is 0.181. The quantitative estimate of drug-likeness (QED) is 0.715. The molecule has 6 nitrogen and oxygen atoms in total. The Morgan fingerprint density at radius 1 is 1.52 bits per heavy atom. The van der Waals surface area contributed by atoms with E-state index >= 15 is 0 Å². The lowest BCUT2D eigenvalue weighted by molar-refractivity contribution is 0.0644. The maximum absolute atomic E-state index is 12.7. The summed E-state index contributed by atoms with van der Waals surface area (Å²) in [4.78, 5) is 19.2. The molecule has 0 saturated heterocycles. The van der Waals surface area contributed by atoms with Crippen LogP contribution < -0.4 is 11.1 Å². The molecule has 0 unspecified atom stereocenters. The van der Waals surface area contributed by atoms with Crippen molar-refractivity contribution in [3.05, 3.63) is 4.88 Å². The monoisotopic (exact) mass is 312 g/mol. The standard InChI is InChI=1S/C14H24N4O2S/c1-2-7-16-14-17-12(15)11(21-14)13(20)18(8-9-19)10-5-3-4-6-10/h10,19H,2-9,15H2,1H3,(H,16,17). The van der Waals surface area contributed by atoms with Crippen molar-refractivity contribution in [2.45, 2.75) is 45.1 Å². The first-order valence-corrected chi connectivity index (χ1v) is 8.41. The van der Waals surface area contributed by atoms with Crippen LogP contribution in [0.3, 0.4) is 0 Å². The molecule has 7 heteroatoms. The van der Waals surface area contributed by atoms with E-state index in [1.54, 1.807) is 4.90 Å². The molecule has 0 aliphatic heterocycles. The molecule has 118 valence electrons. The summed E-state index contributed by atoms with van der Waals surface area (Å²) >= 11 is 1.30. The molecule has 2 rings (SSSR count). The zero-order valence-corrected chi connectivity index (χ0v) is 13.3. The van der Waals surface area contributed by atoms with Crippen molar-refractivity contribution in [2.24, 2.45) is 0 Å². The molecule has 1 fully saturated rings. The highest BCUT2D eigenvalue weighted by atomic mass is 32.1. The van der Waals surface area contributed by atoms with Crippen LogP contribution in [-0.2, 0) is 0 Å². The van der Waals surface area contributed by atoms with E-state index in [-0.39, 0.29) is 24.4 Å². The van der Waals surface area contributed by atoms with Crippen LogP contribution in [0.2, 0.25) is 0 Å². The fraction of sp³-hybridized carbons (Fsp3) is 0.714. The van der Waals surface area contributed by atoms with Gasteiger partial charge < -0.3 is 21.1 Å². The highest BCUT2D eigenvalue weighted by molar-refractivity contribution is 7.18. The second-order valence-corrected chi connectivity index (χ2v) is 6.32. The number of carbonyl (C=O) groups is 1. The van der Waals surface area contributed by atoms with Gasteiger partial charge in [0.15, 0.2) is 5.13 Å². The maximum atomic E-state index is 12.7. The Hall–Kier alpha value is -1.34. The van der Waals surface area contributed by atoms with Gasteiger partial charge in [-0.1, -0.05) is 31.1 Å². The number of aliphatic hydroxyl groups excluding tert-OH is 1. The lowest BCUT2D eigenvalue weighted by Gasteiger charge is -2.27. The minimum absolute atomic E-state index is 0.0259. The minimum atomic E-state index is -0.101. The second-order valence-electron chi connectivity index (χ2n) is 5.32. The van der Waals surface area contributed by atoms with Crippen LogP contribution in [0.15, 0.2) is 0 Å². The number of amides is 1. The summed E-state index contributed by atoms with van der Waals surface area (Å²) in [7, 11) is 0. The smallest absolute Gasteiger partial charge is 0.268 e. The van der Waals surface area contributed by atoms with Crippen LogP contribution in [0, 0.1) is 0 Å². The van der Waals surface area contributed by atoms with Gasteiger partial charge in [0.1, 0.15) is 10.7 Å². The molecule has 1 amide bonds. The average molecular weight is 312 g/mol. The summed E-state index contributed by atoms with van der Waals surface area (Å²) in [6.45, 7) is 3.21. The number of hydrogen-bond donors (Lipinski definition) is 3. The Morgan fingerprint density at radius 2 is 2.24 bits per heavy atom. The van der Waals surface area contributed by atoms with Crippen molar-refractivity contribution < 1.29 is 9.90 Å². The largest absolute Gasteiger partial charge is 0.395 e. The van der Waals surface area contributed by atoms with Crippen LogP contribution in [0.1, 0.15) is 48.7 Å². The van der Waals surface area contributed by atoms with E-state index in [1.807, 2.05) is 0 Å². The summed E-state index contributed by atoms with van der Waals surface area (Å²) in [6.07, 6.45) is 5.28. The number of nitrogens with two attached hydrogens (primary N) is 1. The molecule has 1 aromatic rings. The molecular weight excluding hydrogens is 288 g/mol. The van der Waals surface area contributed by atoms with E-state index in [2.05, 4.69) is 17.2 Å². The third-order valence-corrected chi connectivity index (χ3v) is 4.76. The van der Waals surface area contributed by atoms with Crippen molar-refractivity contribution in [1.29, 1.82) is 0 Å². The van der Waals surface area contributed by atoms with Gasteiger partial charge in [-0.25, -0.2) is 4.98 Å². The average Bonchev–Trinajstić information content (AvgIpc) is 3.11. The summed E-state index contributed by atoms with van der Waals surface area (Å²) in [5.41, 5.74) is 5.90. The molecule has 1 saturated carbocycles. The number of aliphatic hydroxyl groups is 1. The topological polar surface area (TPSA) is 91.5 Å². The second kappa shape index (κ2) is 7.61. The van der Waals surface area contributed by atoms with Gasteiger partial charge in [0.2, 0.25) is 0 Å². The number of nitrogens with zero attached hydrogens (tertiary/aromatic N) is 2. The molecule has 4 N–H and O–H groups in total. The van der Waals surface area contributed by atoms with Gasteiger partial charge in [-0.2, -0.15) is 0 Å². The number of aromatic nitrogens is 1. The normalized spacial score (nSPS) is 15.3. The Balaban J connectivity index is 2.13. The molecule has 21 heavy (non-hydrogen) atoms. The zero-order valence-electron chi connectivity index (χ0n) is 12.5. The number of thiazole rings is 1. The molecule has 0 atom stereocenters. The first kappa shape index (κ1) is 16.0. The molecule has 0 radical (unpaired) electrons. The molecule has 1 aliphatic rings. The fourth-order valence-electron chi connectivity index (χ4n) is 2.70. The van der Waals surface area contributed by atoms with E-state index in [9.17, 15) is 9.90 Å². The Morgan fingerprint density at radius 3 is 2.86 bits per heavy atom. The van der Waals surface area contributed by atoms with Crippen molar-refractivity contribution >= 4 is 28.2 Å². The Labute approximate surface area is 129 Å². The highest BCUT2D eigenvalue weighted by Crippen LogP contribution is 2.30. The number of hydrogen-bond acceptors (Lipinski definition) is 6. The van der Waals surface area contributed by atoms with Crippen molar-refractivity contribution in [2.75, 3.05) is 30.7 Å². The number of carbonyl (C=O) groups excluding carboxylic acids is 1. The molecule has 1 aromatic heterocycles. The van der Waals surface area contributed by atoms with E-state index in [0.717, 1.165) is 38.6 Å². The van der Waals surface area contributed by atoms with Crippen LogP contribution in [0.25, 0.3) is 0 Å². The zero-order chi connectivity index (χ0) is 15.2. The number of rotatable bonds is 7. The molecule has 0 bridgehead atoms. The summed E-state index contributed by atoms with van der Waals surface area (Å²) < 4.78 is 0. The van der Waals surface area contributed by atoms with Crippen LogP contribution in [0.4, 0.5) is 10.9 Å². The van der Waals surface area contributed by atoms with E-state index in [0.29, 0.717) is 16.6 Å². The predicted octanol–water partition coefficient (Wildman–Crippen LogP) is 1.92.